The molecule has 100 valence electrons. The molecule has 1 aliphatic rings. The van der Waals surface area contributed by atoms with E-state index < -0.39 is 0 Å². The van der Waals surface area contributed by atoms with Gasteiger partial charge in [0.1, 0.15) is 0 Å². The van der Waals surface area contributed by atoms with Crippen LogP contribution >= 0.6 is 0 Å². The van der Waals surface area contributed by atoms with E-state index in [0.29, 0.717) is 5.92 Å². The molecule has 4 rings (SSSR count). The summed E-state index contributed by atoms with van der Waals surface area (Å²) in [7, 11) is 0. The van der Waals surface area contributed by atoms with Crippen molar-refractivity contribution in [3.63, 3.8) is 0 Å². The lowest BCUT2D eigenvalue weighted by molar-refractivity contribution is 1.03. The van der Waals surface area contributed by atoms with Crippen molar-refractivity contribution in [3.8, 4) is 11.1 Å². The number of rotatable bonds is 2. The maximum atomic E-state index is 4.79. The highest BCUT2D eigenvalue weighted by Gasteiger charge is 2.09. The molecule has 0 amide bonds. The van der Waals surface area contributed by atoms with Crippen LogP contribution in [0.3, 0.4) is 0 Å². The molecule has 0 saturated heterocycles. The van der Waals surface area contributed by atoms with Crippen LogP contribution in [0.1, 0.15) is 11.6 Å². The van der Waals surface area contributed by atoms with Gasteiger partial charge >= 0.3 is 0 Å². The Morgan fingerprint density at radius 1 is 0.714 bits per heavy atom. The zero-order valence-corrected chi connectivity index (χ0v) is 11.6. The molecular formula is C20H15N. The zero-order chi connectivity index (χ0) is 14.1. The Morgan fingerprint density at radius 2 is 1.52 bits per heavy atom. The number of hydrogen-bond acceptors (Lipinski definition) is 1. The second-order valence-corrected chi connectivity index (χ2v) is 5.31. The predicted octanol–water partition coefficient (Wildman–Crippen LogP) is 5.11. The summed E-state index contributed by atoms with van der Waals surface area (Å²) in [5.74, 6) is 0.322. The lowest BCUT2D eigenvalue weighted by Gasteiger charge is -2.08. The van der Waals surface area contributed by atoms with Crippen LogP contribution in [0.25, 0.3) is 22.0 Å². The van der Waals surface area contributed by atoms with Crippen LogP contribution in [-0.4, -0.2) is 4.98 Å². The van der Waals surface area contributed by atoms with E-state index in [2.05, 4.69) is 78.9 Å². The topological polar surface area (TPSA) is 12.9 Å². The highest BCUT2D eigenvalue weighted by atomic mass is 14.7. The first-order chi connectivity index (χ1) is 10.4. The molecule has 0 unspecified atom stereocenters. The Kier molecular flexibility index (Phi) is 2.89. The van der Waals surface area contributed by atoms with Gasteiger partial charge in [-0.2, -0.15) is 0 Å². The van der Waals surface area contributed by atoms with E-state index in [0.717, 1.165) is 11.2 Å². The first kappa shape index (κ1) is 12.1. The van der Waals surface area contributed by atoms with Gasteiger partial charge in [-0.3, -0.25) is 4.98 Å². The van der Waals surface area contributed by atoms with Gasteiger partial charge in [0.2, 0.25) is 0 Å². The summed E-state index contributed by atoms with van der Waals surface area (Å²) in [6, 6.07) is 21.2. The third-order valence-corrected chi connectivity index (χ3v) is 3.91. The van der Waals surface area contributed by atoms with Gasteiger partial charge in [0, 0.05) is 11.3 Å². The first-order valence-corrected chi connectivity index (χ1v) is 7.21. The van der Waals surface area contributed by atoms with Gasteiger partial charge in [-0.05, 0) is 29.3 Å². The molecule has 3 aromatic rings. The SMILES string of the molecule is C1=CC(c2ccc3cc(-c4ccccc4)ccc3n2)C=C1. The minimum absolute atomic E-state index is 0.322. The van der Waals surface area contributed by atoms with Gasteiger partial charge in [0.15, 0.2) is 0 Å². The van der Waals surface area contributed by atoms with E-state index in [1.807, 2.05) is 6.07 Å². The average molecular weight is 269 g/mol. The molecule has 0 bridgehead atoms. The molecule has 1 nitrogen and oxygen atoms in total. The summed E-state index contributed by atoms with van der Waals surface area (Å²) in [5, 5.41) is 1.19. The average Bonchev–Trinajstić information content (AvgIpc) is 3.09. The summed E-state index contributed by atoms with van der Waals surface area (Å²) >= 11 is 0. The summed E-state index contributed by atoms with van der Waals surface area (Å²) in [6.07, 6.45) is 8.50. The lowest BCUT2D eigenvalue weighted by Crippen LogP contribution is -1.94. The molecule has 1 heteroatoms. The van der Waals surface area contributed by atoms with Crippen LogP contribution < -0.4 is 0 Å². The maximum absolute atomic E-state index is 4.79. The maximum Gasteiger partial charge on any atom is 0.0706 e. The van der Waals surface area contributed by atoms with Crippen LogP contribution in [0.5, 0.6) is 0 Å². The second kappa shape index (κ2) is 5.02. The number of aromatic nitrogens is 1. The Balaban J connectivity index is 1.78. The van der Waals surface area contributed by atoms with Crippen molar-refractivity contribution < 1.29 is 0 Å². The summed E-state index contributed by atoms with van der Waals surface area (Å²) in [5.41, 5.74) is 4.64. The number of nitrogens with zero attached hydrogens (tertiary/aromatic N) is 1. The molecular weight excluding hydrogens is 254 g/mol. The van der Waals surface area contributed by atoms with Crippen LogP contribution in [0.4, 0.5) is 0 Å². The quantitative estimate of drug-likeness (QED) is 0.630. The highest BCUT2D eigenvalue weighted by Crippen LogP contribution is 2.26. The monoisotopic (exact) mass is 269 g/mol. The number of fused-ring (bicyclic) bond motifs is 1. The van der Waals surface area contributed by atoms with Crippen molar-refractivity contribution in [1.82, 2.24) is 4.98 Å². The molecule has 0 fully saturated rings. The Labute approximate surface area is 124 Å². The minimum Gasteiger partial charge on any atom is -0.252 e. The fourth-order valence-corrected chi connectivity index (χ4v) is 2.77. The first-order valence-electron chi connectivity index (χ1n) is 7.21. The van der Waals surface area contributed by atoms with Crippen molar-refractivity contribution in [1.29, 1.82) is 0 Å². The van der Waals surface area contributed by atoms with Crippen molar-refractivity contribution in [2.75, 3.05) is 0 Å². The van der Waals surface area contributed by atoms with Gasteiger partial charge in [0.25, 0.3) is 0 Å². The fraction of sp³-hybridized carbons (Fsp3) is 0.0500. The summed E-state index contributed by atoms with van der Waals surface area (Å²) < 4.78 is 0. The van der Waals surface area contributed by atoms with Crippen molar-refractivity contribution in [2.45, 2.75) is 5.92 Å². The number of hydrogen-bond donors (Lipinski definition) is 0. The largest absolute Gasteiger partial charge is 0.252 e. The van der Waals surface area contributed by atoms with Crippen LogP contribution in [0, 0.1) is 0 Å². The van der Waals surface area contributed by atoms with Crippen molar-refractivity contribution >= 4 is 10.9 Å². The van der Waals surface area contributed by atoms with Crippen molar-refractivity contribution in [2.24, 2.45) is 0 Å². The van der Waals surface area contributed by atoms with Gasteiger partial charge in [-0.25, -0.2) is 0 Å². The van der Waals surface area contributed by atoms with Crippen LogP contribution in [0.15, 0.2) is 85.0 Å². The number of allylic oxidation sites excluding steroid dienone is 4. The smallest absolute Gasteiger partial charge is 0.0706 e. The normalized spacial score (nSPS) is 14.1. The summed E-state index contributed by atoms with van der Waals surface area (Å²) in [6.45, 7) is 0. The molecule has 0 aliphatic heterocycles. The van der Waals surface area contributed by atoms with Crippen molar-refractivity contribution in [3.05, 3.63) is 90.7 Å². The van der Waals surface area contributed by atoms with Gasteiger partial charge in [-0.1, -0.05) is 66.8 Å². The zero-order valence-electron chi connectivity index (χ0n) is 11.6. The number of pyridine rings is 1. The lowest BCUT2D eigenvalue weighted by atomic mass is 10.0. The standard InChI is InChI=1S/C20H15N/c1-2-6-15(7-3-1)17-10-12-20-18(14-17)11-13-19(21-20)16-8-4-5-9-16/h1-14,16H. The van der Waals surface area contributed by atoms with Gasteiger partial charge < -0.3 is 0 Å². The molecule has 0 atom stereocenters. The Bertz CT molecular complexity index is 832. The van der Waals surface area contributed by atoms with E-state index in [4.69, 9.17) is 4.98 Å². The van der Waals surface area contributed by atoms with Crippen LogP contribution in [0.2, 0.25) is 0 Å². The molecule has 0 spiro atoms. The minimum atomic E-state index is 0.322. The van der Waals surface area contributed by atoms with E-state index in [9.17, 15) is 0 Å². The Hall–Kier alpha value is -2.67. The van der Waals surface area contributed by atoms with Crippen LogP contribution in [-0.2, 0) is 0 Å². The summed E-state index contributed by atoms with van der Waals surface area (Å²) in [4.78, 5) is 4.79. The highest BCUT2D eigenvalue weighted by molar-refractivity contribution is 5.84. The fourth-order valence-electron chi connectivity index (χ4n) is 2.77. The molecule has 0 radical (unpaired) electrons. The Morgan fingerprint density at radius 3 is 2.33 bits per heavy atom. The third kappa shape index (κ3) is 2.27. The van der Waals surface area contributed by atoms with E-state index in [-0.39, 0.29) is 0 Å². The molecule has 0 saturated carbocycles. The van der Waals surface area contributed by atoms with E-state index >= 15 is 0 Å². The molecule has 0 N–H and O–H groups in total. The molecule has 21 heavy (non-hydrogen) atoms. The van der Waals surface area contributed by atoms with Gasteiger partial charge in [-0.15, -0.1) is 0 Å². The predicted molar refractivity (Wildman–Crippen MR) is 88.2 cm³/mol. The van der Waals surface area contributed by atoms with E-state index in [1.54, 1.807) is 0 Å². The molecule has 1 heterocycles. The third-order valence-electron chi connectivity index (χ3n) is 3.91. The second-order valence-electron chi connectivity index (χ2n) is 5.31. The molecule has 2 aromatic carbocycles. The van der Waals surface area contributed by atoms with Gasteiger partial charge in [0.05, 0.1) is 11.2 Å². The molecule has 1 aliphatic carbocycles. The molecule has 1 aromatic heterocycles. The van der Waals surface area contributed by atoms with E-state index in [1.165, 1.54) is 16.5 Å². The number of benzene rings is 2.